The molecule has 0 saturated heterocycles. The Bertz CT molecular complexity index is 188. The topological polar surface area (TPSA) is 12.0 Å². The lowest BCUT2D eigenvalue weighted by molar-refractivity contribution is 0.321. The standard InChI is InChI=1S/C13H27N/c1-10-7-13(5,6)8-11(10)9-14-12(2,3)4/h10-11,14H,7-9H2,1-6H3. The van der Waals surface area contributed by atoms with Crippen LogP contribution in [0, 0.1) is 17.3 Å². The fraction of sp³-hybridized carbons (Fsp3) is 1.00. The quantitative estimate of drug-likeness (QED) is 0.715. The van der Waals surface area contributed by atoms with E-state index >= 15 is 0 Å². The molecule has 0 heterocycles. The zero-order valence-corrected chi connectivity index (χ0v) is 10.8. The van der Waals surface area contributed by atoms with Crippen LogP contribution in [0.4, 0.5) is 0 Å². The molecule has 1 saturated carbocycles. The third-order valence-electron chi connectivity index (χ3n) is 3.39. The first-order chi connectivity index (χ1) is 6.20. The van der Waals surface area contributed by atoms with Gasteiger partial charge < -0.3 is 5.32 Å². The number of hydrogen-bond acceptors (Lipinski definition) is 1. The van der Waals surface area contributed by atoms with Crippen LogP contribution < -0.4 is 5.32 Å². The van der Waals surface area contributed by atoms with Crippen molar-refractivity contribution in [3.63, 3.8) is 0 Å². The summed E-state index contributed by atoms with van der Waals surface area (Å²) in [5.41, 5.74) is 0.843. The van der Waals surface area contributed by atoms with Crippen molar-refractivity contribution in [2.75, 3.05) is 6.54 Å². The van der Waals surface area contributed by atoms with Gasteiger partial charge in [0, 0.05) is 5.54 Å². The van der Waals surface area contributed by atoms with Crippen LogP contribution in [0.2, 0.25) is 0 Å². The monoisotopic (exact) mass is 197 g/mol. The van der Waals surface area contributed by atoms with Crippen molar-refractivity contribution in [2.24, 2.45) is 17.3 Å². The van der Waals surface area contributed by atoms with Crippen molar-refractivity contribution >= 4 is 0 Å². The minimum atomic E-state index is 0.270. The lowest BCUT2D eigenvalue weighted by Gasteiger charge is -2.25. The van der Waals surface area contributed by atoms with E-state index in [9.17, 15) is 0 Å². The Morgan fingerprint density at radius 1 is 1.21 bits per heavy atom. The molecule has 1 aliphatic rings. The molecule has 0 aromatic heterocycles. The molecule has 1 nitrogen and oxygen atoms in total. The molecule has 0 aromatic carbocycles. The normalized spacial score (nSPS) is 32.1. The minimum absolute atomic E-state index is 0.270. The second kappa shape index (κ2) is 3.84. The molecule has 1 heteroatoms. The molecule has 0 aliphatic heterocycles. The van der Waals surface area contributed by atoms with Crippen LogP contribution in [0.25, 0.3) is 0 Å². The third-order valence-corrected chi connectivity index (χ3v) is 3.39. The summed E-state index contributed by atoms with van der Waals surface area (Å²) in [5.74, 6) is 1.77. The van der Waals surface area contributed by atoms with Gasteiger partial charge in [0.15, 0.2) is 0 Å². The van der Waals surface area contributed by atoms with Crippen LogP contribution in [-0.4, -0.2) is 12.1 Å². The maximum absolute atomic E-state index is 3.63. The second-order valence-electron chi connectivity index (χ2n) is 6.94. The van der Waals surface area contributed by atoms with Gasteiger partial charge in [0.2, 0.25) is 0 Å². The van der Waals surface area contributed by atoms with Crippen molar-refractivity contribution in [1.82, 2.24) is 5.32 Å². The van der Waals surface area contributed by atoms with Crippen LogP contribution >= 0.6 is 0 Å². The Balaban J connectivity index is 2.40. The second-order valence-corrected chi connectivity index (χ2v) is 6.94. The number of rotatable bonds is 2. The summed E-state index contributed by atoms with van der Waals surface area (Å²) in [7, 11) is 0. The van der Waals surface area contributed by atoms with Crippen molar-refractivity contribution in [3.05, 3.63) is 0 Å². The van der Waals surface area contributed by atoms with Gasteiger partial charge in [0.25, 0.3) is 0 Å². The Morgan fingerprint density at radius 2 is 1.79 bits per heavy atom. The highest BCUT2D eigenvalue weighted by atomic mass is 14.9. The maximum Gasteiger partial charge on any atom is 0.00966 e. The molecule has 0 radical (unpaired) electrons. The first-order valence-electron chi connectivity index (χ1n) is 5.95. The largest absolute Gasteiger partial charge is 0.312 e. The maximum atomic E-state index is 3.63. The van der Waals surface area contributed by atoms with Gasteiger partial charge >= 0.3 is 0 Å². The zero-order chi connectivity index (χ0) is 11.0. The predicted molar refractivity (Wildman–Crippen MR) is 63.4 cm³/mol. The molecule has 0 amide bonds. The van der Waals surface area contributed by atoms with Gasteiger partial charge in [-0.3, -0.25) is 0 Å². The lowest BCUT2D eigenvalue weighted by Crippen LogP contribution is -2.39. The van der Waals surface area contributed by atoms with E-state index in [0.717, 1.165) is 11.8 Å². The van der Waals surface area contributed by atoms with Gasteiger partial charge in [-0.1, -0.05) is 20.8 Å². The highest BCUT2D eigenvalue weighted by Gasteiger charge is 2.36. The first kappa shape index (κ1) is 12.0. The Hall–Kier alpha value is -0.0400. The summed E-state index contributed by atoms with van der Waals surface area (Å²) < 4.78 is 0. The summed E-state index contributed by atoms with van der Waals surface area (Å²) >= 11 is 0. The van der Waals surface area contributed by atoms with E-state index in [1.807, 2.05) is 0 Å². The van der Waals surface area contributed by atoms with E-state index in [0.29, 0.717) is 5.41 Å². The fourth-order valence-electron chi connectivity index (χ4n) is 2.74. The summed E-state index contributed by atoms with van der Waals surface area (Å²) in [5, 5.41) is 3.63. The van der Waals surface area contributed by atoms with Crippen LogP contribution in [0.1, 0.15) is 54.4 Å². The van der Waals surface area contributed by atoms with Gasteiger partial charge in [-0.05, 0) is 57.4 Å². The molecular weight excluding hydrogens is 170 g/mol. The molecule has 0 aromatic rings. The average molecular weight is 197 g/mol. The minimum Gasteiger partial charge on any atom is -0.312 e. The Morgan fingerprint density at radius 3 is 2.14 bits per heavy atom. The molecule has 2 atom stereocenters. The smallest absolute Gasteiger partial charge is 0.00966 e. The van der Waals surface area contributed by atoms with Crippen molar-refractivity contribution in [2.45, 2.75) is 59.9 Å². The summed E-state index contributed by atoms with van der Waals surface area (Å²) in [4.78, 5) is 0. The molecule has 2 unspecified atom stereocenters. The Kier molecular flexibility index (Phi) is 3.30. The Labute approximate surface area is 89.7 Å². The van der Waals surface area contributed by atoms with E-state index in [1.54, 1.807) is 0 Å². The SMILES string of the molecule is CC1CC(C)(C)CC1CNC(C)(C)C. The first-order valence-corrected chi connectivity index (χ1v) is 5.95. The zero-order valence-electron chi connectivity index (χ0n) is 10.8. The van der Waals surface area contributed by atoms with E-state index in [2.05, 4.69) is 46.9 Å². The summed E-state index contributed by atoms with van der Waals surface area (Å²) in [6.45, 7) is 15.1. The molecule has 0 spiro atoms. The average Bonchev–Trinajstić information content (AvgIpc) is 2.19. The van der Waals surface area contributed by atoms with Gasteiger partial charge in [-0.15, -0.1) is 0 Å². The van der Waals surface area contributed by atoms with E-state index in [-0.39, 0.29) is 5.54 Å². The van der Waals surface area contributed by atoms with Crippen LogP contribution in [-0.2, 0) is 0 Å². The third kappa shape index (κ3) is 3.61. The lowest BCUT2D eigenvalue weighted by atomic mass is 9.90. The number of nitrogens with one attached hydrogen (secondary N) is 1. The van der Waals surface area contributed by atoms with Crippen LogP contribution in [0.15, 0.2) is 0 Å². The van der Waals surface area contributed by atoms with Crippen LogP contribution in [0.3, 0.4) is 0 Å². The molecule has 14 heavy (non-hydrogen) atoms. The van der Waals surface area contributed by atoms with Gasteiger partial charge in [-0.25, -0.2) is 0 Å². The molecular formula is C13H27N. The molecule has 1 fully saturated rings. The van der Waals surface area contributed by atoms with E-state index < -0.39 is 0 Å². The van der Waals surface area contributed by atoms with Crippen LogP contribution in [0.5, 0.6) is 0 Å². The predicted octanol–water partition coefficient (Wildman–Crippen LogP) is 3.45. The molecule has 1 rings (SSSR count). The fourth-order valence-corrected chi connectivity index (χ4v) is 2.74. The molecule has 84 valence electrons. The molecule has 1 aliphatic carbocycles. The van der Waals surface area contributed by atoms with Crippen molar-refractivity contribution in [1.29, 1.82) is 0 Å². The van der Waals surface area contributed by atoms with Gasteiger partial charge in [0.1, 0.15) is 0 Å². The van der Waals surface area contributed by atoms with Gasteiger partial charge in [-0.2, -0.15) is 0 Å². The highest BCUT2D eigenvalue weighted by molar-refractivity contribution is 4.88. The highest BCUT2D eigenvalue weighted by Crippen LogP contribution is 2.44. The summed E-state index contributed by atoms with van der Waals surface area (Å²) in [6.07, 6.45) is 2.78. The molecule has 0 bridgehead atoms. The van der Waals surface area contributed by atoms with E-state index in [4.69, 9.17) is 0 Å². The van der Waals surface area contributed by atoms with Gasteiger partial charge in [0.05, 0.1) is 0 Å². The number of hydrogen-bond donors (Lipinski definition) is 1. The van der Waals surface area contributed by atoms with E-state index in [1.165, 1.54) is 19.4 Å². The van der Waals surface area contributed by atoms with Crippen molar-refractivity contribution < 1.29 is 0 Å². The van der Waals surface area contributed by atoms with Crippen molar-refractivity contribution in [3.8, 4) is 0 Å². The summed E-state index contributed by atoms with van der Waals surface area (Å²) in [6, 6.07) is 0. The molecule has 1 N–H and O–H groups in total.